The van der Waals surface area contributed by atoms with Gasteiger partial charge in [0.25, 0.3) is 0 Å². The molecule has 0 aliphatic rings. The molecule has 1 aromatic rings. The normalized spacial score (nSPS) is 8.33. The number of carboxylic acids is 1. The van der Waals surface area contributed by atoms with Crippen LogP contribution < -0.4 is 0 Å². The van der Waals surface area contributed by atoms with E-state index >= 15 is 0 Å². The monoisotopic (exact) mass is 161 g/mol. The van der Waals surface area contributed by atoms with Gasteiger partial charge in [-0.25, -0.2) is 4.79 Å². The van der Waals surface area contributed by atoms with Crippen LogP contribution in [-0.4, -0.2) is 16.1 Å². The summed E-state index contributed by atoms with van der Waals surface area (Å²) in [6, 6.07) is 5.44. The number of carbonyl (C=O) groups is 1. The highest BCUT2D eigenvalue weighted by Gasteiger charge is 1.88. The van der Waals surface area contributed by atoms with Crippen LogP contribution in [0.25, 0.3) is 0 Å². The van der Waals surface area contributed by atoms with Crippen LogP contribution in [0.1, 0.15) is 5.69 Å². The van der Waals surface area contributed by atoms with Crippen LogP contribution in [0.4, 0.5) is 0 Å². The van der Waals surface area contributed by atoms with Gasteiger partial charge in [0, 0.05) is 12.1 Å². The largest absolute Gasteiger partial charge is 0.472 e. The molecule has 0 fully saturated rings. The lowest BCUT2D eigenvalue weighted by Crippen LogP contribution is -1.89. The van der Waals surface area contributed by atoms with Gasteiger partial charge < -0.3 is 5.11 Å². The smallest absolute Gasteiger partial charge is 0.381 e. The van der Waals surface area contributed by atoms with Crippen LogP contribution in [0.3, 0.4) is 0 Å². The van der Waals surface area contributed by atoms with Crippen LogP contribution in [0.2, 0.25) is 0 Å². The van der Waals surface area contributed by atoms with Gasteiger partial charge in [0.2, 0.25) is 0 Å². The van der Waals surface area contributed by atoms with E-state index in [1.54, 1.807) is 18.3 Å². The summed E-state index contributed by atoms with van der Waals surface area (Å²) in [7, 11) is 0. The summed E-state index contributed by atoms with van der Waals surface area (Å²) in [6.07, 6.45) is 2.03. The first-order chi connectivity index (χ1) is 5.79. The minimum Gasteiger partial charge on any atom is -0.472 e. The fraction of sp³-hybridized carbons (Fsp3) is 0.111. The van der Waals surface area contributed by atoms with E-state index in [2.05, 4.69) is 10.9 Å². The average molecular weight is 161 g/mol. The predicted molar refractivity (Wildman–Crippen MR) is 43.4 cm³/mol. The third-order valence-electron chi connectivity index (χ3n) is 1.19. The second-order valence-electron chi connectivity index (χ2n) is 2.10. The van der Waals surface area contributed by atoms with Crippen LogP contribution in [0, 0.1) is 11.8 Å². The SMILES string of the molecule is O=C(O)C#CCc1ccccn1. The summed E-state index contributed by atoms with van der Waals surface area (Å²) >= 11 is 0. The lowest BCUT2D eigenvalue weighted by Gasteiger charge is -1.89. The molecule has 0 amide bonds. The van der Waals surface area contributed by atoms with Crippen molar-refractivity contribution in [3.8, 4) is 11.8 Å². The maximum atomic E-state index is 10.00. The minimum absolute atomic E-state index is 0.382. The summed E-state index contributed by atoms with van der Waals surface area (Å²) < 4.78 is 0. The van der Waals surface area contributed by atoms with Gasteiger partial charge in [0.1, 0.15) is 0 Å². The molecule has 3 heteroatoms. The van der Waals surface area contributed by atoms with Crippen molar-refractivity contribution in [3.63, 3.8) is 0 Å². The number of aromatic nitrogens is 1. The molecule has 1 rings (SSSR count). The summed E-state index contributed by atoms with van der Waals surface area (Å²) in [5.41, 5.74) is 0.784. The van der Waals surface area contributed by atoms with Gasteiger partial charge in [-0.3, -0.25) is 4.98 Å². The maximum absolute atomic E-state index is 10.00. The number of hydrogen-bond acceptors (Lipinski definition) is 2. The molecule has 0 saturated carbocycles. The Morgan fingerprint density at radius 1 is 1.58 bits per heavy atom. The second-order valence-corrected chi connectivity index (χ2v) is 2.10. The molecular formula is C9H7NO2. The number of pyridine rings is 1. The number of rotatable bonds is 1. The van der Waals surface area contributed by atoms with E-state index < -0.39 is 5.97 Å². The summed E-state index contributed by atoms with van der Waals surface area (Å²) in [4.78, 5) is 14.0. The molecule has 0 aliphatic heterocycles. The molecule has 0 unspecified atom stereocenters. The summed E-state index contributed by atoms with van der Waals surface area (Å²) in [6.45, 7) is 0. The molecule has 1 N–H and O–H groups in total. The molecule has 60 valence electrons. The number of aliphatic carboxylic acids is 1. The molecule has 3 nitrogen and oxygen atoms in total. The third-order valence-corrected chi connectivity index (χ3v) is 1.19. The van der Waals surface area contributed by atoms with E-state index in [0.29, 0.717) is 6.42 Å². The highest BCUT2D eigenvalue weighted by molar-refractivity contribution is 5.86. The van der Waals surface area contributed by atoms with Crippen molar-refractivity contribution in [2.24, 2.45) is 0 Å². The van der Waals surface area contributed by atoms with Crippen molar-refractivity contribution < 1.29 is 9.90 Å². The highest BCUT2D eigenvalue weighted by Crippen LogP contribution is 1.92. The topological polar surface area (TPSA) is 50.2 Å². The lowest BCUT2D eigenvalue weighted by molar-refractivity contribution is -0.130. The third kappa shape index (κ3) is 2.84. The molecule has 0 saturated heterocycles. The molecule has 0 aliphatic carbocycles. The summed E-state index contributed by atoms with van der Waals surface area (Å²) in [5, 5.41) is 8.20. The molecule has 0 spiro atoms. The number of hydrogen-bond donors (Lipinski definition) is 1. The zero-order valence-corrected chi connectivity index (χ0v) is 6.32. The Morgan fingerprint density at radius 3 is 3.00 bits per heavy atom. The molecule has 0 radical (unpaired) electrons. The molecule has 1 aromatic heterocycles. The quantitative estimate of drug-likeness (QED) is 0.617. The Kier molecular flexibility index (Phi) is 2.86. The van der Waals surface area contributed by atoms with E-state index in [1.165, 1.54) is 0 Å². The van der Waals surface area contributed by atoms with Crippen molar-refractivity contribution >= 4 is 5.97 Å². The van der Waals surface area contributed by atoms with Crippen LogP contribution >= 0.6 is 0 Å². The van der Waals surface area contributed by atoms with Crippen molar-refractivity contribution in [2.45, 2.75) is 6.42 Å². The first-order valence-electron chi connectivity index (χ1n) is 3.41. The molecular weight excluding hydrogens is 154 g/mol. The van der Waals surface area contributed by atoms with Gasteiger partial charge in [-0.1, -0.05) is 12.0 Å². The standard InChI is InChI=1S/C9H7NO2/c11-9(12)6-3-5-8-4-1-2-7-10-8/h1-2,4,7H,5H2,(H,11,12). The van der Waals surface area contributed by atoms with Gasteiger partial charge in [-0.2, -0.15) is 0 Å². The first-order valence-corrected chi connectivity index (χ1v) is 3.41. The predicted octanol–water partition coefficient (Wildman–Crippen LogP) is 0.712. The van der Waals surface area contributed by atoms with Crippen LogP contribution in [0.5, 0.6) is 0 Å². The number of carboxylic acid groups (broad SMARTS) is 1. The fourth-order valence-electron chi connectivity index (χ4n) is 0.713. The van der Waals surface area contributed by atoms with Gasteiger partial charge >= 0.3 is 5.97 Å². The van der Waals surface area contributed by atoms with E-state index in [-0.39, 0.29) is 0 Å². The van der Waals surface area contributed by atoms with Gasteiger partial charge in [0.05, 0.1) is 12.1 Å². The van der Waals surface area contributed by atoms with Crippen molar-refractivity contribution in [1.82, 2.24) is 4.98 Å². The van der Waals surface area contributed by atoms with Crippen molar-refractivity contribution in [2.75, 3.05) is 0 Å². The number of nitrogens with zero attached hydrogens (tertiary/aromatic N) is 1. The molecule has 0 aromatic carbocycles. The second kappa shape index (κ2) is 4.14. The zero-order valence-electron chi connectivity index (χ0n) is 6.32. The fourth-order valence-corrected chi connectivity index (χ4v) is 0.713. The zero-order chi connectivity index (χ0) is 8.81. The van der Waals surface area contributed by atoms with Crippen LogP contribution in [0.15, 0.2) is 24.4 Å². The Labute approximate surface area is 70.1 Å². The minimum atomic E-state index is -1.11. The molecule has 1 heterocycles. The lowest BCUT2D eigenvalue weighted by atomic mass is 10.3. The summed E-state index contributed by atoms with van der Waals surface area (Å²) in [5.74, 6) is 3.40. The molecule has 0 bridgehead atoms. The van der Waals surface area contributed by atoms with Gasteiger partial charge in [-0.05, 0) is 12.1 Å². The van der Waals surface area contributed by atoms with Gasteiger partial charge in [0.15, 0.2) is 0 Å². The average Bonchev–Trinajstić information content (AvgIpc) is 2.05. The first kappa shape index (κ1) is 8.28. The van der Waals surface area contributed by atoms with Crippen molar-refractivity contribution in [1.29, 1.82) is 0 Å². The molecule has 0 atom stereocenters. The Balaban J connectivity index is 2.56. The maximum Gasteiger partial charge on any atom is 0.381 e. The Hall–Kier alpha value is -1.82. The Morgan fingerprint density at radius 2 is 2.42 bits per heavy atom. The Bertz CT molecular complexity index is 321. The van der Waals surface area contributed by atoms with Crippen molar-refractivity contribution in [3.05, 3.63) is 30.1 Å². The van der Waals surface area contributed by atoms with E-state index in [0.717, 1.165) is 5.69 Å². The van der Waals surface area contributed by atoms with E-state index in [9.17, 15) is 4.79 Å². The van der Waals surface area contributed by atoms with Gasteiger partial charge in [-0.15, -0.1) is 0 Å². The molecule has 12 heavy (non-hydrogen) atoms. The highest BCUT2D eigenvalue weighted by atomic mass is 16.4. The van der Waals surface area contributed by atoms with Crippen LogP contribution in [-0.2, 0) is 11.2 Å². The van der Waals surface area contributed by atoms with E-state index in [1.807, 2.05) is 12.0 Å². The van der Waals surface area contributed by atoms with E-state index in [4.69, 9.17) is 5.11 Å².